The fraction of sp³-hybridized carbons (Fsp3) is 0.708. The van der Waals surface area contributed by atoms with Gasteiger partial charge in [0.05, 0.1) is 39.0 Å². The summed E-state index contributed by atoms with van der Waals surface area (Å²) < 4.78 is 57.3. The Labute approximate surface area is 215 Å². The summed E-state index contributed by atoms with van der Waals surface area (Å²) in [5, 5.41) is 2.79. The van der Waals surface area contributed by atoms with E-state index in [-0.39, 0.29) is 45.5 Å². The van der Waals surface area contributed by atoms with Crippen molar-refractivity contribution in [3.63, 3.8) is 0 Å². The second-order valence-corrected chi connectivity index (χ2v) is 11.7. The highest BCUT2D eigenvalue weighted by molar-refractivity contribution is 7.48. The van der Waals surface area contributed by atoms with Gasteiger partial charge in [0, 0.05) is 6.54 Å². The molecule has 0 bridgehead atoms. The Kier molecular flexibility index (Phi) is 15.3. The van der Waals surface area contributed by atoms with Gasteiger partial charge < -0.3 is 5.32 Å². The highest BCUT2D eigenvalue weighted by Crippen LogP contribution is 2.52. The van der Waals surface area contributed by atoms with E-state index in [0.717, 1.165) is 12.0 Å². The van der Waals surface area contributed by atoms with Gasteiger partial charge in [-0.15, -0.1) is 0 Å². The molecule has 208 valence electrons. The molecule has 1 aromatic rings. The molecular formula is C24H43NO9P2. The Morgan fingerprint density at radius 3 is 1.78 bits per heavy atom. The van der Waals surface area contributed by atoms with Crippen LogP contribution in [0.4, 0.5) is 0 Å². The maximum Gasteiger partial charge on any atom is 0.475 e. The molecule has 1 aromatic carbocycles. The van der Waals surface area contributed by atoms with Gasteiger partial charge in [0.2, 0.25) is 5.91 Å². The predicted molar refractivity (Wildman–Crippen MR) is 139 cm³/mol. The minimum absolute atomic E-state index is 0.0808. The predicted octanol–water partition coefficient (Wildman–Crippen LogP) is 5.87. The second-order valence-electron chi connectivity index (χ2n) is 8.40. The van der Waals surface area contributed by atoms with Crippen LogP contribution in [0.3, 0.4) is 0 Å². The van der Waals surface area contributed by atoms with Crippen LogP contribution in [0.2, 0.25) is 0 Å². The van der Waals surface area contributed by atoms with Crippen molar-refractivity contribution in [3.8, 4) is 0 Å². The van der Waals surface area contributed by atoms with E-state index < -0.39 is 27.7 Å². The topological polar surface area (TPSA) is 119 Å². The quantitative estimate of drug-likeness (QED) is 0.211. The van der Waals surface area contributed by atoms with Crippen LogP contribution in [0.5, 0.6) is 0 Å². The van der Waals surface area contributed by atoms with E-state index >= 15 is 0 Å². The van der Waals surface area contributed by atoms with E-state index in [2.05, 4.69) is 19.2 Å². The van der Waals surface area contributed by atoms with E-state index in [1.807, 2.05) is 24.3 Å². The molecule has 0 heterocycles. The fourth-order valence-corrected chi connectivity index (χ4v) is 5.79. The van der Waals surface area contributed by atoms with Crippen molar-refractivity contribution >= 4 is 21.6 Å². The van der Waals surface area contributed by atoms with Gasteiger partial charge in [0.25, 0.3) is 0 Å². The van der Waals surface area contributed by atoms with Crippen molar-refractivity contribution in [2.45, 2.75) is 66.9 Å². The maximum atomic E-state index is 12.9. The van der Waals surface area contributed by atoms with Gasteiger partial charge in [-0.05, 0) is 58.1 Å². The van der Waals surface area contributed by atoms with Gasteiger partial charge in [-0.3, -0.25) is 31.9 Å². The van der Waals surface area contributed by atoms with Gasteiger partial charge in [0.1, 0.15) is 6.10 Å². The molecular weight excluding hydrogens is 508 g/mol. The number of carbonyl (C=O) groups excluding carboxylic acids is 1. The molecule has 2 unspecified atom stereocenters. The number of phosphoric ester groups is 2. The minimum atomic E-state index is -3.95. The summed E-state index contributed by atoms with van der Waals surface area (Å²) >= 11 is 0. The second kappa shape index (κ2) is 16.7. The monoisotopic (exact) mass is 551 g/mol. The Morgan fingerprint density at radius 1 is 0.806 bits per heavy atom. The van der Waals surface area contributed by atoms with Crippen molar-refractivity contribution in [1.82, 2.24) is 5.32 Å². The molecule has 0 aliphatic heterocycles. The summed E-state index contributed by atoms with van der Waals surface area (Å²) in [7, 11) is -7.81. The molecule has 0 saturated heterocycles. The normalized spacial score (nSPS) is 14.1. The molecule has 36 heavy (non-hydrogen) atoms. The highest BCUT2D eigenvalue weighted by atomic mass is 31.2. The summed E-state index contributed by atoms with van der Waals surface area (Å²) in [6.07, 6.45) is -0.0554. The van der Waals surface area contributed by atoms with Crippen LogP contribution in [0.15, 0.2) is 24.3 Å². The Morgan fingerprint density at radius 2 is 1.31 bits per heavy atom. The SMILES string of the molecule is CCOP(=O)(OCC)OCC(CNC(=O)C(C)c1ccc(CC(C)C)cc1)OP(=O)(OCC)OCC. The van der Waals surface area contributed by atoms with E-state index in [0.29, 0.717) is 5.92 Å². The number of nitrogens with one attached hydrogen (secondary N) is 1. The third-order valence-corrected chi connectivity index (χ3v) is 8.19. The van der Waals surface area contributed by atoms with Crippen molar-refractivity contribution in [2.75, 3.05) is 39.6 Å². The van der Waals surface area contributed by atoms with Gasteiger partial charge in [0.15, 0.2) is 0 Å². The smallest absolute Gasteiger partial charge is 0.353 e. The molecule has 0 saturated carbocycles. The molecule has 0 fully saturated rings. The molecule has 1 N–H and O–H groups in total. The van der Waals surface area contributed by atoms with Crippen molar-refractivity contribution in [3.05, 3.63) is 35.4 Å². The average Bonchev–Trinajstić information content (AvgIpc) is 2.81. The standard InChI is InChI=1S/C24H43NO9P2/c1-8-29-35(27,30-9-2)33-18-23(34-36(28,31-10-3)32-11-4)17-25-24(26)20(7)22-14-12-21(13-15-22)16-19(5)6/h12-15,19-20,23H,8-11,16-18H2,1-7H3,(H,25,26). The maximum absolute atomic E-state index is 12.9. The number of rotatable bonds is 19. The summed E-state index contributed by atoms with van der Waals surface area (Å²) in [4.78, 5) is 12.9. The third-order valence-electron chi connectivity index (χ3n) is 4.87. The number of carbonyl (C=O) groups is 1. The first kappa shape index (κ1) is 32.9. The molecule has 0 aromatic heterocycles. The first-order valence-electron chi connectivity index (χ1n) is 12.5. The summed E-state index contributed by atoms with van der Waals surface area (Å²) in [5.41, 5.74) is 2.07. The van der Waals surface area contributed by atoms with Crippen LogP contribution in [-0.2, 0) is 47.5 Å². The molecule has 0 aliphatic rings. The van der Waals surface area contributed by atoms with E-state index in [1.165, 1.54) is 5.56 Å². The lowest BCUT2D eigenvalue weighted by Gasteiger charge is -2.25. The zero-order valence-corrected chi connectivity index (χ0v) is 24.3. The Hall–Kier alpha value is -1.09. The third kappa shape index (κ3) is 12.0. The lowest BCUT2D eigenvalue weighted by molar-refractivity contribution is -0.122. The molecule has 1 rings (SSSR count). The van der Waals surface area contributed by atoms with Gasteiger partial charge in [-0.1, -0.05) is 38.1 Å². The van der Waals surface area contributed by atoms with Crippen molar-refractivity contribution in [1.29, 1.82) is 0 Å². The van der Waals surface area contributed by atoms with Gasteiger partial charge in [-0.2, -0.15) is 0 Å². The van der Waals surface area contributed by atoms with Crippen LogP contribution >= 0.6 is 15.6 Å². The lowest BCUT2D eigenvalue weighted by Crippen LogP contribution is -2.38. The van der Waals surface area contributed by atoms with Crippen LogP contribution in [0, 0.1) is 5.92 Å². The number of phosphoric acid groups is 2. The summed E-state index contributed by atoms with van der Waals surface area (Å²) in [6, 6.07) is 7.94. The minimum Gasteiger partial charge on any atom is -0.353 e. The van der Waals surface area contributed by atoms with Gasteiger partial charge >= 0.3 is 15.6 Å². The van der Waals surface area contributed by atoms with Crippen LogP contribution < -0.4 is 5.32 Å². The molecule has 0 aliphatic carbocycles. The summed E-state index contributed by atoms with van der Waals surface area (Å²) in [6.45, 7) is 12.6. The number of hydrogen-bond acceptors (Lipinski definition) is 9. The summed E-state index contributed by atoms with van der Waals surface area (Å²) in [5.74, 6) is -0.162. The number of benzene rings is 1. The lowest BCUT2D eigenvalue weighted by atomic mass is 9.96. The van der Waals surface area contributed by atoms with Crippen LogP contribution in [-0.4, -0.2) is 51.6 Å². The van der Waals surface area contributed by atoms with E-state index in [4.69, 9.17) is 27.1 Å². The average molecular weight is 552 g/mol. The van der Waals surface area contributed by atoms with Crippen molar-refractivity contribution < 1.29 is 41.1 Å². The largest absolute Gasteiger partial charge is 0.475 e. The zero-order valence-electron chi connectivity index (χ0n) is 22.6. The molecule has 0 spiro atoms. The molecule has 2 atom stereocenters. The zero-order chi connectivity index (χ0) is 27.2. The Balaban J connectivity index is 2.93. The number of hydrogen-bond donors (Lipinski definition) is 1. The van der Waals surface area contributed by atoms with E-state index in [1.54, 1.807) is 34.6 Å². The highest BCUT2D eigenvalue weighted by Gasteiger charge is 2.34. The Bertz CT molecular complexity index is 844. The molecule has 1 amide bonds. The first-order chi connectivity index (χ1) is 17.0. The van der Waals surface area contributed by atoms with Crippen LogP contribution in [0.1, 0.15) is 65.5 Å². The molecule has 12 heteroatoms. The van der Waals surface area contributed by atoms with Crippen LogP contribution in [0.25, 0.3) is 0 Å². The van der Waals surface area contributed by atoms with Crippen molar-refractivity contribution in [2.24, 2.45) is 5.92 Å². The van der Waals surface area contributed by atoms with Gasteiger partial charge in [-0.25, -0.2) is 9.13 Å². The van der Waals surface area contributed by atoms with E-state index in [9.17, 15) is 13.9 Å². The molecule has 0 radical (unpaired) electrons. The first-order valence-corrected chi connectivity index (χ1v) is 15.4. The fourth-order valence-electron chi connectivity index (χ4n) is 3.26. The number of amides is 1. The molecule has 10 nitrogen and oxygen atoms in total.